The van der Waals surface area contributed by atoms with Crippen molar-refractivity contribution in [3.05, 3.63) is 10.6 Å². The van der Waals surface area contributed by atoms with Crippen LogP contribution in [0.15, 0.2) is 0 Å². The number of nitrogen functional groups attached to an aromatic ring is 1. The number of anilines is 1. The van der Waals surface area contributed by atoms with Gasteiger partial charge >= 0.3 is 6.09 Å². The average molecular weight is 381 g/mol. The highest BCUT2D eigenvalue weighted by atomic mass is 32.1. The molecule has 0 saturated carbocycles. The van der Waals surface area contributed by atoms with Crippen LogP contribution in [0, 0.1) is 5.92 Å². The van der Waals surface area contributed by atoms with Crippen molar-refractivity contribution in [3.8, 4) is 0 Å². The lowest BCUT2D eigenvalue weighted by molar-refractivity contribution is 0.00324. The SMILES string of the molecule is CCc1nc(N)sc1C(=O)N1CCC2(CC1)CN(CCC(C)C)C(=O)O2. The molecule has 2 saturated heterocycles. The van der Waals surface area contributed by atoms with Crippen molar-refractivity contribution >= 4 is 28.5 Å². The van der Waals surface area contributed by atoms with Gasteiger partial charge in [0, 0.05) is 32.5 Å². The molecular weight excluding hydrogens is 352 g/mol. The second-order valence-electron chi connectivity index (χ2n) is 7.63. The van der Waals surface area contributed by atoms with E-state index >= 15 is 0 Å². The van der Waals surface area contributed by atoms with Crippen LogP contribution >= 0.6 is 11.3 Å². The molecule has 0 atom stereocenters. The molecule has 1 spiro atoms. The highest BCUT2D eigenvalue weighted by Crippen LogP contribution is 2.34. The number of aromatic nitrogens is 1. The van der Waals surface area contributed by atoms with E-state index in [0.29, 0.717) is 54.8 Å². The number of nitrogens with zero attached hydrogens (tertiary/aromatic N) is 3. The number of carbonyl (C=O) groups excluding carboxylic acids is 2. The van der Waals surface area contributed by atoms with Crippen LogP contribution < -0.4 is 5.73 Å². The Morgan fingerprint density at radius 1 is 1.38 bits per heavy atom. The molecule has 144 valence electrons. The zero-order valence-electron chi connectivity index (χ0n) is 15.8. The van der Waals surface area contributed by atoms with Gasteiger partial charge in [0.25, 0.3) is 5.91 Å². The molecule has 0 unspecified atom stereocenters. The Labute approximate surface area is 158 Å². The summed E-state index contributed by atoms with van der Waals surface area (Å²) in [5, 5.41) is 0.434. The molecule has 1 aromatic heterocycles. The minimum absolute atomic E-state index is 0.00751. The Morgan fingerprint density at radius 2 is 2.08 bits per heavy atom. The van der Waals surface area contributed by atoms with Crippen LogP contribution in [-0.4, -0.2) is 58.6 Å². The van der Waals surface area contributed by atoms with Gasteiger partial charge in [-0.15, -0.1) is 0 Å². The number of rotatable bonds is 5. The van der Waals surface area contributed by atoms with E-state index in [1.165, 1.54) is 11.3 Å². The molecule has 2 N–H and O–H groups in total. The second-order valence-corrected chi connectivity index (χ2v) is 8.66. The van der Waals surface area contributed by atoms with Crippen LogP contribution in [-0.2, 0) is 11.2 Å². The van der Waals surface area contributed by atoms with Crippen LogP contribution in [0.4, 0.5) is 9.93 Å². The summed E-state index contributed by atoms with van der Waals surface area (Å²) in [6.07, 6.45) is 2.81. The minimum Gasteiger partial charge on any atom is -0.441 e. The van der Waals surface area contributed by atoms with Crippen molar-refractivity contribution in [2.75, 3.05) is 31.9 Å². The average Bonchev–Trinajstić information content (AvgIpc) is 3.13. The first-order chi connectivity index (χ1) is 12.3. The first-order valence-corrected chi connectivity index (χ1v) is 10.2. The highest BCUT2D eigenvalue weighted by Gasteiger charge is 2.47. The van der Waals surface area contributed by atoms with Crippen LogP contribution in [0.5, 0.6) is 0 Å². The number of hydrogen-bond donors (Lipinski definition) is 1. The Kier molecular flexibility index (Phi) is 5.41. The highest BCUT2D eigenvalue weighted by molar-refractivity contribution is 7.17. The third-order valence-electron chi connectivity index (χ3n) is 5.22. The first kappa shape index (κ1) is 18.9. The van der Waals surface area contributed by atoms with E-state index in [9.17, 15) is 9.59 Å². The first-order valence-electron chi connectivity index (χ1n) is 9.36. The number of carbonyl (C=O) groups is 2. The molecule has 8 heteroatoms. The van der Waals surface area contributed by atoms with Crippen molar-refractivity contribution < 1.29 is 14.3 Å². The van der Waals surface area contributed by atoms with Gasteiger partial charge in [-0.25, -0.2) is 9.78 Å². The summed E-state index contributed by atoms with van der Waals surface area (Å²) in [6.45, 7) is 8.82. The van der Waals surface area contributed by atoms with Gasteiger partial charge in [0.05, 0.1) is 12.2 Å². The van der Waals surface area contributed by atoms with Crippen molar-refractivity contribution in [2.24, 2.45) is 5.92 Å². The molecule has 2 aliphatic rings. The van der Waals surface area contributed by atoms with Gasteiger partial charge < -0.3 is 20.3 Å². The van der Waals surface area contributed by atoms with E-state index in [1.54, 1.807) is 0 Å². The van der Waals surface area contributed by atoms with Gasteiger partial charge in [-0.2, -0.15) is 0 Å². The number of hydrogen-bond acceptors (Lipinski definition) is 6. The lowest BCUT2D eigenvalue weighted by Gasteiger charge is -2.37. The molecule has 2 fully saturated rings. The summed E-state index contributed by atoms with van der Waals surface area (Å²) in [4.78, 5) is 33.5. The minimum atomic E-state index is -0.439. The fourth-order valence-electron chi connectivity index (χ4n) is 3.58. The molecule has 1 aromatic rings. The zero-order valence-corrected chi connectivity index (χ0v) is 16.6. The number of ether oxygens (including phenoxy) is 1. The Hall–Kier alpha value is -1.83. The molecule has 0 radical (unpaired) electrons. The lowest BCUT2D eigenvalue weighted by Crippen LogP contribution is -2.48. The van der Waals surface area contributed by atoms with Gasteiger partial charge in [0.2, 0.25) is 0 Å². The van der Waals surface area contributed by atoms with E-state index in [4.69, 9.17) is 10.5 Å². The Bertz CT molecular complexity index is 680. The van der Waals surface area contributed by atoms with E-state index in [0.717, 1.165) is 18.7 Å². The maximum atomic E-state index is 12.8. The van der Waals surface area contributed by atoms with Crippen LogP contribution in [0.25, 0.3) is 0 Å². The normalized spacial score (nSPS) is 19.5. The monoisotopic (exact) mass is 380 g/mol. The summed E-state index contributed by atoms with van der Waals surface area (Å²) < 4.78 is 5.74. The quantitative estimate of drug-likeness (QED) is 0.848. The lowest BCUT2D eigenvalue weighted by atomic mass is 9.91. The summed E-state index contributed by atoms with van der Waals surface area (Å²) >= 11 is 1.26. The van der Waals surface area contributed by atoms with E-state index in [-0.39, 0.29) is 12.0 Å². The standard InChI is InChI=1S/C18H28N4O3S/c1-4-13-14(26-16(19)20-13)15(23)21-9-6-18(7-10-21)11-22(17(24)25-18)8-5-12(2)3/h12H,4-11H2,1-3H3,(H2,19,20). The van der Waals surface area contributed by atoms with E-state index < -0.39 is 5.60 Å². The second kappa shape index (κ2) is 7.42. The third kappa shape index (κ3) is 3.79. The zero-order chi connectivity index (χ0) is 18.9. The van der Waals surface area contributed by atoms with Gasteiger partial charge in [-0.3, -0.25) is 4.79 Å². The number of likely N-dealkylation sites (tertiary alicyclic amines) is 1. The largest absolute Gasteiger partial charge is 0.441 e. The van der Waals surface area contributed by atoms with E-state index in [2.05, 4.69) is 18.8 Å². The number of amides is 2. The summed E-state index contributed by atoms with van der Waals surface area (Å²) in [7, 11) is 0. The number of thiazole rings is 1. The van der Waals surface area contributed by atoms with Crippen molar-refractivity contribution in [1.29, 1.82) is 0 Å². The fourth-order valence-corrected chi connectivity index (χ4v) is 4.47. The summed E-state index contributed by atoms with van der Waals surface area (Å²) in [5.41, 5.74) is 6.10. The summed E-state index contributed by atoms with van der Waals surface area (Å²) in [5.74, 6) is 0.547. The Balaban J connectivity index is 1.60. The van der Waals surface area contributed by atoms with Crippen molar-refractivity contribution in [2.45, 2.75) is 52.1 Å². The molecule has 3 heterocycles. The predicted octanol–water partition coefficient (Wildman–Crippen LogP) is 2.76. The molecule has 2 aliphatic heterocycles. The van der Waals surface area contributed by atoms with Crippen LogP contribution in [0.3, 0.4) is 0 Å². The topological polar surface area (TPSA) is 88.8 Å². The number of aryl methyl sites for hydroxylation is 1. The third-order valence-corrected chi connectivity index (χ3v) is 6.14. The summed E-state index contributed by atoms with van der Waals surface area (Å²) in [6, 6.07) is 0. The van der Waals surface area contributed by atoms with Gasteiger partial charge in [-0.1, -0.05) is 32.1 Å². The van der Waals surface area contributed by atoms with Gasteiger partial charge in [0.15, 0.2) is 5.13 Å². The van der Waals surface area contributed by atoms with Gasteiger partial charge in [0.1, 0.15) is 10.5 Å². The van der Waals surface area contributed by atoms with E-state index in [1.807, 2.05) is 16.7 Å². The smallest absolute Gasteiger partial charge is 0.410 e. The van der Waals surface area contributed by atoms with Crippen molar-refractivity contribution in [1.82, 2.24) is 14.8 Å². The molecule has 2 amide bonds. The maximum Gasteiger partial charge on any atom is 0.410 e. The molecule has 0 aliphatic carbocycles. The van der Waals surface area contributed by atoms with Crippen LogP contribution in [0.1, 0.15) is 55.4 Å². The number of piperidine rings is 1. The molecule has 7 nitrogen and oxygen atoms in total. The molecule has 0 bridgehead atoms. The Morgan fingerprint density at radius 3 is 2.69 bits per heavy atom. The maximum absolute atomic E-state index is 12.8. The molecule has 26 heavy (non-hydrogen) atoms. The molecule has 0 aromatic carbocycles. The fraction of sp³-hybridized carbons (Fsp3) is 0.722. The van der Waals surface area contributed by atoms with Crippen LogP contribution in [0.2, 0.25) is 0 Å². The number of nitrogens with two attached hydrogens (primary N) is 1. The van der Waals surface area contributed by atoms with Crippen molar-refractivity contribution in [3.63, 3.8) is 0 Å². The predicted molar refractivity (Wildman–Crippen MR) is 101 cm³/mol. The molecule has 3 rings (SSSR count). The van der Waals surface area contributed by atoms with Gasteiger partial charge in [-0.05, 0) is 18.8 Å². The molecular formula is C18H28N4O3S.